The lowest BCUT2D eigenvalue weighted by Crippen LogP contribution is -2.46. The minimum Gasteiger partial charge on any atom is -0.489 e. The number of hydrogen-bond donors (Lipinski definition) is 3. The third-order valence-electron chi connectivity index (χ3n) is 3.02. The van der Waals surface area contributed by atoms with E-state index in [2.05, 4.69) is 10.6 Å². The molecule has 8 heteroatoms. The molecule has 0 aliphatic rings. The van der Waals surface area contributed by atoms with Crippen molar-refractivity contribution in [1.82, 2.24) is 5.32 Å². The molecule has 0 radical (unpaired) electrons. The predicted molar refractivity (Wildman–Crippen MR) is 98.9 cm³/mol. The molecule has 0 saturated heterocycles. The maximum Gasteiger partial charge on any atom is 0.243 e. The Morgan fingerprint density at radius 2 is 1.88 bits per heavy atom. The lowest BCUT2D eigenvalue weighted by molar-refractivity contribution is -0.125. The highest BCUT2D eigenvalue weighted by Crippen LogP contribution is 2.28. The lowest BCUT2D eigenvalue weighted by Gasteiger charge is -2.15. The summed E-state index contributed by atoms with van der Waals surface area (Å²) in [5.74, 6) is -0.155. The van der Waals surface area contributed by atoms with Gasteiger partial charge in [0.1, 0.15) is 5.75 Å². The van der Waals surface area contributed by atoms with Gasteiger partial charge in [0.15, 0.2) is 0 Å². The van der Waals surface area contributed by atoms with Crippen LogP contribution in [-0.4, -0.2) is 30.5 Å². The van der Waals surface area contributed by atoms with Gasteiger partial charge in [-0.15, -0.1) is 12.4 Å². The summed E-state index contributed by atoms with van der Waals surface area (Å²) < 4.78 is 5.52. The molecule has 1 aromatic carbocycles. The van der Waals surface area contributed by atoms with Crippen molar-refractivity contribution in [2.75, 3.05) is 11.9 Å². The number of anilines is 1. The summed E-state index contributed by atoms with van der Waals surface area (Å²) in [6.45, 7) is 7.33. The number of amides is 2. The quantitative estimate of drug-likeness (QED) is 0.680. The summed E-state index contributed by atoms with van der Waals surface area (Å²) in [6.07, 6.45) is 0.00770. The first-order valence-corrected chi connectivity index (χ1v) is 7.87. The summed E-state index contributed by atoms with van der Waals surface area (Å²) in [6, 6.07) is 4.33. The van der Waals surface area contributed by atoms with Crippen LogP contribution in [0.5, 0.6) is 5.75 Å². The van der Waals surface area contributed by atoms with Crippen LogP contribution in [0, 0.1) is 5.92 Å². The van der Waals surface area contributed by atoms with Gasteiger partial charge in [-0.3, -0.25) is 9.59 Å². The number of ether oxygens (including phenoxy) is 1. The Labute approximate surface area is 153 Å². The van der Waals surface area contributed by atoms with Crippen LogP contribution >= 0.6 is 24.0 Å². The van der Waals surface area contributed by atoms with Crippen molar-refractivity contribution in [3.8, 4) is 5.75 Å². The molecular formula is C16H25Cl2N3O3. The summed E-state index contributed by atoms with van der Waals surface area (Å²) in [4.78, 5) is 23.5. The van der Waals surface area contributed by atoms with Crippen molar-refractivity contribution in [2.24, 2.45) is 11.7 Å². The molecular weight excluding hydrogens is 353 g/mol. The SMILES string of the molecule is CC(C)Oc1ccc(NC(=O)CNC(=O)[C@@H](N)C(C)C)cc1Cl.Cl. The first-order chi connectivity index (χ1) is 10.7. The molecule has 1 aromatic rings. The smallest absolute Gasteiger partial charge is 0.243 e. The average Bonchev–Trinajstić information content (AvgIpc) is 2.46. The third-order valence-corrected chi connectivity index (χ3v) is 3.32. The molecule has 4 N–H and O–H groups in total. The molecule has 136 valence electrons. The summed E-state index contributed by atoms with van der Waals surface area (Å²) in [7, 11) is 0. The number of nitrogens with one attached hydrogen (secondary N) is 2. The van der Waals surface area contributed by atoms with Crippen molar-refractivity contribution in [3.63, 3.8) is 0 Å². The van der Waals surface area contributed by atoms with Crippen LogP contribution in [0.1, 0.15) is 27.7 Å². The van der Waals surface area contributed by atoms with Gasteiger partial charge in [0.2, 0.25) is 11.8 Å². The normalized spacial score (nSPS) is 11.7. The molecule has 0 aliphatic carbocycles. The largest absolute Gasteiger partial charge is 0.489 e. The molecule has 0 bridgehead atoms. The van der Waals surface area contributed by atoms with Crippen LogP contribution in [0.15, 0.2) is 18.2 Å². The molecule has 0 fully saturated rings. The zero-order valence-electron chi connectivity index (χ0n) is 14.3. The second-order valence-corrected chi connectivity index (χ2v) is 6.25. The number of halogens is 2. The maximum atomic E-state index is 11.8. The van der Waals surface area contributed by atoms with E-state index in [1.165, 1.54) is 0 Å². The van der Waals surface area contributed by atoms with Gasteiger partial charge in [-0.25, -0.2) is 0 Å². The molecule has 0 saturated carbocycles. The molecule has 0 aliphatic heterocycles. The van der Waals surface area contributed by atoms with Crippen LogP contribution < -0.4 is 21.1 Å². The van der Waals surface area contributed by atoms with Gasteiger partial charge in [0.25, 0.3) is 0 Å². The Balaban J connectivity index is 0.00000529. The number of carbonyl (C=O) groups is 2. The third kappa shape index (κ3) is 7.38. The van der Waals surface area contributed by atoms with Crippen LogP contribution in [0.2, 0.25) is 5.02 Å². The molecule has 0 aromatic heterocycles. The van der Waals surface area contributed by atoms with E-state index in [1.54, 1.807) is 18.2 Å². The van der Waals surface area contributed by atoms with E-state index in [1.807, 2.05) is 27.7 Å². The van der Waals surface area contributed by atoms with E-state index >= 15 is 0 Å². The standard InChI is InChI=1S/C16H24ClN3O3.ClH/c1-9(2)15(18)16(22)19-8-14(21)20-11-5-6-13(12(17)7-11)23-10(3)4;/h5-7,9-10,15H,8,18H2,1-4H3,(H,19,22)(H,20,21);1H/t15-;/m0./s1. The summed E-state index contributed by atoms with van der Waals surface area (Å²) in [5, 5.41) is 5.56. The lowest BCUT2D eigenvalue weighted by atomic mass is 10.1. The Morgan fingerprint density at radius 3 is 2.38 bits per heavy atom. The Bertz CT molecular complexity index is 565. The number of hydrogen-bond acceptors (Lipinski definition) is 4. The minimum atomic E-state index is -0.635. The van der Waals surface area contributed by atoms with Crippen LogP contribution in [0.25, 0.3) is 0 Å². The fourth-order valence-corrected chi connectivity index (χ4v) is 1.95. The number of benzene rings is 1. The number of nitrogens with two attached hydrogens (primary N) is 1. The minimum absolute atomic E-state index is 0. The van der Waals surface area contributed by atoms with E-state index < -0.39 is 6.04 Å². The molecule has 0 spiro atoms. The van der Waals surface area contributed by atoms with Gasteiger partial charge in [-0.05, 0) is 38.0 Å². The van der Waals surface area contributed by atoms with Gasteiger partial charge in [-0.2, -0.15) is 0 Å². The Morgan fingerprint density at radius 1 is 1.25 bits per heavy atom. The van der Waals surface area contributed by atoms with Crippen molar-refractivity contribution in [3.05, 3.63) is 23.2 Å². The van der Waals surface area contributed by atoms with Crippen molar-refractivity contribution in [2.45, 2.75) is 39.8 Å². The van der Waals surface area contributed by atoms with Crippen molar-refractivity contribution >= 4 is 41.5 Å². The van der Waals surface area contributed by atoms with Gasteiger partial charge in [0.05, 0.1) is 23.7 Å². The fourth-order valence-electron chi connectivity index (χ4n) is 1.72. The van der Waals surface area contributed by atoms with Gasteiger partial charge in [-0.1, -0.05) is 25.4 Å². The van der Waals surface area contributed by atoms with E-state index in [9.17, 15) is 9.59 Å². The second kappa shape index (κ2) is 10.4. The highest BCUT2D eigenvalue weighted by atomic mass is 35.5. The van der Waals surface area contributed by atoms with Crippen molar-refractivity contribution in [1.29, 1.82) is 0 Å². The predicted octanol–water partition coefficient (Wildman–Crippen LogP) is 2.59. The monoisotopic (exact) mass is 377 g/mol. The Kier molecular flexibility index (Phi) is 9.73. The van der Waals surface area contributed by atoms with E-state index in [0.717, 1.165) is 0 Å². The second-order valence-electron chi connectivity index (χ2n) is 5.85. The molecule has 0 heterocycles. The molecule has 0 unspecified atom stereocenters. The molecule has 24 heavy (non-hydrogen) atoms. The molecule has 1 atom stereocenters. The Hall–Kier alpha value is -1.50. The van der Waals surface area contributed by atoms with Crippen LogP contribution in [-0.2, 0) is 9.59 Å². The fraction of sp³-hybridized carbons (Fsp3) is 0.500. The van der Waals surface area contributed by atoms with Gasteiger partial charge in [0, 0.05) is 5.69 Å². The van der Waals surface area contributed by atoms with E-state index in [0.29, 0.717) is 16.5 Å². The van der Waals surface area contributed by atoms with E-state index in [-0.39, 0.29) is 42.8 Å². The highest BCUT2D eigenvalue weighted by Gasteiger charge is 2.17. The van der Waals surface area contributed by atoms with Crippen LogP contribution in [0.4, 0.5) is 5.69 Å². The zero-order chi connectivity index (χ0) is 17.6. The molecule has 2 amide bonds. The molecule has 1 rings (SSSR count). The van der Waals surface area contributed by atoms with E-state index in [4.69, 9.17) is 22.1 Å². The average molecular weight is 378 g/mol. The van der Waals surface area contributed by atoms with Gasteiger partial charge < -0.3 is 21.1 Å². The number of carbonyl (C=O) groups excluding carboxylic acids is 2. The summed E-state index contributed by atoms with van der Waals surface area (Å²) >= 11 is 6.10. The van der Waals surface area contributed by atoms with Gasteiger partial charge >= 0.3 is 0 Å². The number of rotatable bonds is 7. The first kappa shape index (κ1) is 22.5. The maximum absolute atomic E-state index is 11.8. The highest BCUT2D eigenvalue weighted by molar-refractivity contribution is 6.32. The zero-order valence-corrected chi connectivity index (χ0v) is 15.8. The summed E-state index contributed by atoms with van der Waals surface area (Å²) in [5.41, 5.74) is 6.23. The first-order valence-electron chi connectivity index (χ1n) is 7.50. The molecule has 6 nitrogen and oxygen atoms in total. The topological polar surface area (TPSA) is 93.5 Å². The van der Waals surface area contributed by atoms with Crippen LogP contribution in [0.3, 0.4) is 0 Å². The van der Waals surface area contributed by atoms with Crippen molar-refractivity contribution < 1.29 is 14.3 Å².